The average Bonchev–Trinajstić information content (AvgIpc) is 2.40. The number of hydrogen-bond acceptors (Lipinski definition) is 3. The zero-order valence-corrected chi connectivity index (χ0v) is 10.1. The minimum Gasteiger partial charge on any atom is -0.317 e. The monoisotopic (exact) mass is 227 g/mol. The van der Waals surface area contributed by atoms with Crippen molar-refractivity contribution in [3.63, 3.8) is 0 Å². The van der Waals surface area contributed by atoms with Crippen molar-refractivity contribution < 1.29 is 0 Å². The van der Waals surface area contributed by atoms with Gasteiger partial charge in [-0.2, -0.15) is 0 Å². The molecule has 1 aromatic heterocycles. The van der Waals surface area contributed by atoms with E-state index in [4.69, 9.17) is 0 Å². The number of fused-ring (bicyclic) bond motifs is 1. The van der Waals surface area contributed by atoms with Crippen LogP contribution in [0.15, 0.2) is 24.5 Å². The van der Waals surface area contributed by atoms with Crippen LogP contribution in [0.1, 0.15) is 30.0 Å². The molecule has 0 aliphatic carbocycles. The van der Waals surface area contributed by atoms with E-state index in [1.54, 1.807) is 6.33 Å². The van der Waals surface area contributed by atoms with E-state index < -0.39 is 0 Å². The van der Waals surface area contributed by atoms with Crippen LogP contribution < -0.4 is 5.32 Å². The number of nitrogens with zero attached hydrogens (tertiary/aromatic N) is 2. The Kier molecular flexibility index (Phi) is 2.77. The van der Waals surface area contributed by atoms with Gasteiger partial charge in [-0.15, -0.1) is 0 Å². The van der Waals surface area contributed by atoms with Gasteiger partial charge in [0.2, 0.25) is 0 Å². The highest BCUT2D eigenvalue weighted by Gasteiger charge is 2.19. The Hall–Kier alpha value is -1.48. The van der Waals surface area contributed by atoms with E-state index in [0.717, 1.165) is 18.6 Å². The number of hydrogen-bond donors (Lipinski definition) is 1. The molecule has 1 N–H and O–H groups in total. The lowest BCUT2D eigenvalue weighted by atomic mass is 9.91. The normalized spacial score (nSPS) is 17.5. The molecule has 3 rings (SSSR count). The van der Waals surface area contributed by atoms with E-state index in [-0.39, 0.29) is 0 Å². The van der Waals surface area contributed by atoms with Gasteiger partial charge in [0.25, 0.3) is 0 Å². The Bertz CT molecular complexity index is 530. The molecule has 1 aliphatic heterocycles. The maximum Gasteiger partial charge on any atom is 0.116 e. The second-order valence-electron chi connectivity index (χ2n) is 4.75. The summed E-state index contributed by atoms with van der Waals surface area (Å²) in [6, 6.07) is 6.37. The largest absolute Gasteiger partial charge is 0.317 e. The Labute approximate surface area is 101 Å². The van der Waals surface area contributed by atoms with Crippen LogP contribution in [0.4, 0.5) is 0 Å². The Morgan fingerprint density at radius 2 is 2.00 bits per heavy atom. The third-order valence-electron chi connectivity index (χ3n) is 3.62. The van der Waals surface area contributed by atoms with Crippen LogP contribution >= 0.6 is 0 Å². The minimum atomic E-state index is 0.587. The summed E-state index contributed by atoms with van der Waals surface area (Å²) in [6.07, 6.45) is 4.08. The molecule has 1 aromatic carbocycles. The zero-order chi connectivity index (χ0) is 11.7. The predicted octanol–water partition coefficient (Wildman–Crippen LogP) is 2.41. The van der Waals surface area contributed by atoms with Gasteiger partial charge in [-0.3, -0.25) is 0 Å². The first-order chi connectivity index (χ1) is 8.36. The quantitative estimate of drug-likeness (QED) is 0.813. The molecule has 3 heteroatoms. The fourth-order valence-electron chi connectivity index (χ4n) is 2.68. The molecule has 88 valence electrons. The molecular formula is C14H17N3. The highest BCUT2D eigenvalue weighted by atomic mass is 14.9. The van der Waals surface area contributed by atoms with Crippen LogP contribution in [-0.2, 0) is 0 Å². The van der Waals surface area contributed by atoms with Crippen LogP contribution in [-0.4, -0.2) is 23.1 Å². The highest BCUT2D eigenvalue weighted by Crippen LogP contribution is 2.29. The Morgan fingerprint density at radius 3 is 2.82 bits per heavy atom. The molecule has 1 aliphatic rings. The molecule has 3 nitrogen and oxygen atoms in total. The number of piperidine rings is 1. The van der Waals surface area contributed by atoms with Gasteiger partial charge in [0.15, 0.2) is 0 Å². The third kappa shape index (κ3) is 1.91. The van der Waals surface area contributed by atoms with Crippen molar-refractivity contribution >= 4 is 10.9 Å². The topological polar surface area (TPSA) is 37.8 Å². The van der Waals surface area contributed by atoms with E-state index in [9.17, 15) is 0 Å². The Morgan fingerprint density at radius 1 is 1.18 bits per heavy atom. The molecule has 0 amide bonds. The summed E-state index contributed by atoms with van der Waals surface area (Å²) in [5, 5.41) is 4.64. The van der Waals surface area contributed by atoms with Crippen LogP contribution in [0.5, 0.6) is 0 Å². The first-order valence-corrected chi connectivity index (χ1v) is 6.27. The molecular weight excluding hydrogens is 210 g/mol. The maximum atomic E-state index is 4.53. The highest BCUT2D eigenvalue weighted by molar-refractivity contribution is 5.83. The second-order valence-corrected chi connectivity index (χ2v) is 4.75. The SMILES string of the molecule is Cc1cccc2c(C3CCNCC3)ncnc12. The van der Waals surface area contributed by atoms with Crippen LogP contribution in [0.25, 0.3) is 10.9 Å². The third-order valence-corrected chi connectivity index (χ3v) is 3.62. The zero-order valence-electron chi connectivity index (χ0n) is 10.1. The summed E-state index contributed by atoms with van der Waals surface area (Å²) >= 11 is 0. The number of nitrogens with one attached hydrogen (secondary N) is 1. The number of benzene rings is 1. The first kappa shape index (κ1) is 10.7. The predicted molar refractivity (Wildman–Crippen MR) is 69.1 cm³/mol. The summed E-state index contributed by atoms with van der Waals surface area (Å²) in [5.41, 5.74) is 3.58. The van der Waals surface area contributed by atoms with Gasteiger partial charge >= 0.3 is 0 Å². The average molecular weight is 227 g/mol. The molecule has 1 fully saturated rings. The van der Waals surface area contributed by atoms with E-state index in [1.165, 1.54) is 29.5 Å². The smallest absolute Gasteiger partial charge is 0.116 e. The van der Waals surface area contributed by atoms with Crippen molar-refractivity contribution in [3.8, 4) is 0 Å². The summed E-state index contributed by atoms with van der Waals surface area (Å²) in [6.45, 7) is 4.31. The van der Waals surface area contributed by atoms with E-state index in [2.05, 4.69) is 40.4 Å². The number of rotatable bonds is 1. The van der Waals surface area contributed by atoms with Crippen molar-refractivity contribution in [2.75, 3.05) is 13.1 Å². The van der Waals surface area contributed by atoms with Crippen molar-refractivity contribution in [1.29, 1.82) is 0 Å². The summed E-state index contributed by atoms with van der Waals surface area (Å²) < 4.78 is 0. The number of aryl methyl sites for hydroxylation is 1. The first-order valence-electron chi connectivity index (χ1n) is 6.27. The lowest BCUT2D eigenvalue weighted by molar-refractivity contribution is 0.455. The maximum absolute atomic E-state index is 4.53. The van der Waals surface area contributed by atoms with Crippen molar-refractivity contribution in [1.82, 2.24) is 15.3 Å². The molecule has 0 radical (unpaired) electrons. The van der Waals surface area contributed by atoms with Gasteiger partial charge in [-0.05, 0) is 38.4 Å². The van der Waals surface area contributed by atoms with Gasteiger partial charge in [0.05, 0.1) is 11.2 Å². The summed E-state index contributed by atoms with van der Waals surface area (Å²) in [5.74, 6) is 0.587. The lowest BCUT2D eigenvalue weighted by Gasteiger charge is -2.23. The number of para-hydroxylation sites is 1. The molecule has 0 spiro atoms. The Balaban J connectivity index is 2.12. The fraction of sp³-hybridized carbons (Fsp3) is 0.429. The standard InChI is InChI=1S/C14H17N3/c1-10-3-2-4-12-13(10)16-9-17-14(12)11-5-7-15-8-6-11/h2-4,9,11,15H,5-8H2,1H3. The van der Waals surface area contributed by atoms with Gasteiger partial charge in [-0.25, -0.2) is 9.97 Å². The van der Waals surface area contributed by atoms with Crippen molar-refractivity contribution in [2.45, 2.75) is 25.7 Å². The molecule has 0 unspecified atom stereocenters. The van der Waals surface area contributed by atoms with Crippen molar-refractivity contribution in [3.05, 3.63) is 35.8 Å². The van der Waals surface area contributed by atoms with Crippen molar-refractivity contribution in [2.24, 2.45) is 0 Å². The van der Waals surface area contributed by atoms with Crippen LogP contribution in [0.2, 0.25) is 0 Å². The van der Waals surface area contributed by atoms with E-state index >= 15 is 0 Å². The van der Waals surface area contributed by atoms with Gasteiger partial charge < -0.3 is 5.32 Å². The van der Waals surface area contributed by atoms with Crippen LogP contribution in [0, 0.1) is 6.92 Å². The molecule has 17 heavy (non-hydrogen) atoms. The molecule has 2 aromatic rings. The second kappa shape index (κ2) is 4.41. The van der Waals surface area contributed by atoms with Gasteiger partial charge in [-0.1, -0.05) is 18.2 Å². The number of aromatic nitrogens is 2. The van der Waals surface area contributed by atoms with E-state index in [0.29, 0.717) is 5.92 Å². The summed E-state index contributed by atoms with van der Waals surface area (Å²) in [4.78, 5) is 8.94. The molecule has 0 saturated carbocycles. The molecule has 1 saturated heterocycles. The van der Waals surface area contributed by atoms with E-state index in [1.807, 2.05) is 0 Å². The minimum absolute atomic E-state index is 0.587. The van der Waals surface area contributed by atoms with Gasteiger partial charge in [0.1, 0.15) is 6.33 Å². The fourth-order valence-corrected chi connectivity index (χ4v) is 2.68. The lowest BCUT2D eigenvalue weighted by Crippen LogP contribution is -2.27. The molecule has 0 bridgehead atoms. The summed E-state index contributed by atoms with van der Waals surface area (Å²) in [7, 11) is 0. The molecule has 2 heterocycles. The van der Waals surface area contributed by atoms with Crippen LogP contribution in [0.3, 0.4) is 0 Å². The van der Waals surface area contributed by atoms with Gasteiger partial charge in [0, 0.05) is 11.3 Å². The molecule has 0 atom stereocenters.